The van der Waals surface area contributed by atoms with Gasteiger partial charge in [-0.25, -0.2) is 0 Å². The smallest absolute Gasteiger partial charge is 0.330 e. The van der Waals surface area contributed by atoms with Gasteiger partial charge in [-0.3, -0.25) is 14.8 Å². The van der Waals surface area contributed by atoms with Crippen molar-refractivity contribution in [3.63, 3.8) is 0 Å². The minimum absolute atomic E-state index is 0.0118. The highest BCUT2D eigenvalue weighted by Gasteiger charge is 2.17. The molecule has 20 heavy (non-hydrogen) atoms. The molecule has 0 saturated heterocycles. The van der Waals surface area contributed by atoms with Crippen molar-refractivity contribution in [3.8, 4) is 5.75 Å². The van der Waals surface area contributed by atoms with E-state index in [2.05, 4.69) is 10.4 Å². The molecule has 0 fully saturated rings. The lowest BCUT2D eigenvalue weighted by Crippen LogP contribution is -2.07. The fraction of sp³-hybridized carbons (Fsp3) is 0.308. The van der Waals surface area contributed by atoms with Crippen LogP contribution in [-0.2, 0) is 13.5 Å². The first-order valence-electron chi connectivity index (χ1n) is 6.15. The Morgan fingerprint density at radius 1 is 1.40 bits per heavy atom. The first-order chi connectivity index (χ1) is 9.60. The zero-order chi connectivity index (χ0) is 14.5. The van der Waals surface area contributed by atoms with Crippen molar-refractivity contribution >= 4 is 11.5 Å². The van der Waals surface area contributed by atoms with Crippen molar-refractivity contribution in [1.29, 1.82) is 0 Å². The van der Waals surface area contributed by atoms with Crippen LogP contribution in [0.4, 0.5) is 11.5 Å². The number of hydrogen-bond donors (Lipinski definition) is 1. The van der Waals surface area contributed by atoms with Crippen molar-refractivity contribution in [2.24, 2.45) is 7.05 Å². The Morgan fingerprint density at radius 3 is 2.70 bits per heavy atom. The third-order valence-corrected chi connectivity index (χ3v) is 2.87. The minimum Gasteiger partial charge on any atom is -0.497 e. The number of anilines is 1. The van der Waals surface area contributed by atoms with Gasteiger partial charge in [0.15, 0.2) is 0 Å². The molecule has 1 aromatic heterocycles. The standard InChI is InChI=1S/C13H16N4O3/c1-16-9-12(17(18)19)13(15-16)14-8-7-10-3-5-11(20-2)6-4-10/h3-6,9H,7-8H2,1-2H3,(H,14,15). The molecule has 0 saturated carbocycles. The maximum absolute atomic E-state index is 10.8. The highest BCUT2D eigenvalue weighted by Crippen LogP contribution is 2.21. The Balaban J connectivity index is 1.93. The molecule has 7 heteroatoms. The summed E-state index contributed by atoms with van der Waals surface area (Å²) in [5, 5.41) is 17.9. The van der Waals surface area contributed by atoms with Gasteiger partial charge in [0.1, 0.15) is 11.9 Å². The van der Waals surface area contributed by atoms with Crippen molar-refractivity contribution < 1.29 is 9.66 Å². The zero-order valence-electron chi connectivity index (χ0n) is 11.4. The fourth-order valence-electron chi connectivity index (χ4n) is 1.85. The highest BCUT2D eigenvalue weighted by atomic mass is 16.6. The number of nitrogens with one attached hydrogen (secondary N) is 1. The van der Waals surface area contributed by atoms with Gasteiger partial charge < -0.3 is 10.1 Å². The number of hydrogen-bond acceptors (Lipinski definition) is 5. The predicted molar refractivity (Wildman–Crippen MR) is 75.1 cm³/mol. The Kier molecular flexibility index (Phi) is 4.19. The van der Waals surface area contributed by atoms with Gasteiger partial charge >= 0.3 is 5.69 Å². The summed E-state index contributed by atoms with van der Waals surface area (Å²) in [4.78, 5) is 10.4. The van der Waals surface area contributed by atoms with E-state index in [0.717, 1.165) is 17.7 Å². The average molecular weight is 276 g/mol. The minimum atomic E-state index is -0.442. The zero-order valence-corrected chi connectivity index (χ0v) is 11.4. The summed E-state index contributed by atoms with van der Waals surface area (Å²) in [6, 6.07) is 7.71. The number of aryl methyl sites for hydroxylation is 1. The van der Waals surface area contributed by atoms with Crippen LogP contribution in [0, 0.1) is 10.1 Å². The molecule has 1 N–H and O–H groups in total. The lowest BCUT2D eigenvalue weighted by molar-refractivity contribution is -0.384. The second-order valence-corrected chi connectivity index (χ2v) is 4.32. The molecular formula is C13H16N4O3. The maximum Gasteiger partial charge on any atom is 0.330 e. The highest BCUT2D eigenvalue weighted by molar-refractivity contribution is 5.54. The molecule has 0 spiro atoms. The number of nitro groups is 1. The monoisotopic (exact) mass is 276 g/mol. The first-order valence-corrected chi connectivity index (χ1v) is 6.15. The summed E-state index contributed by atoms with van der Waals surface area (Å²) in [5.41, 5.74) is 1.11. The molecule has 2 rings (SSSR count). The number of ether oxygens (including phenoxy) is 1. The molecule has 106 valence electrons. The lowest BCUT2D eigenvalue weighted by Gasteiger charge is -2.04. The van der Waals surface area contributed by atoms with Crippen LogP contribution in [0.25, 0.3) is 0 Å². The van der Waals surface area contributed by atoms with Crippen molar-refractivity contribution in [2.75, 3.05) is 19.0 Å². The normalized spacial score (nSPS) is 10.3. The van der Waals surface area contributed by atoms with Gasteiger partial charge in [-0.1, -0.05) is 12.1 Å². The average Bonchev–Trinajstić information content (AvgIpc) is 2.81. The molecule has 2 aromatic rings. The molecule has 0 atom stereocenters. The summed E-state index contributed by atoms with van der Waals surface area (Å²) in [6.45, 7) is 0.574. The van der Waals surface area contributed by atoms with E-state index in [1.807, 2.05) is 24.3 Å². The van der Waals surface area contributed by atoms with Crippen molar-refractivity contribution in [3.05, 3.63) is 46.1 Å². The van der Waals surface area contributed by atoms with E-state index in [4.69, 9.17) is 4.74 Å². The van der Waals surface area contributed by atoms with Crippen molar-refractivity contribution in [1.82, 2.24) is 9.78 Å². The van der Waals surface area contributed by atoms with Crippen LogP contribution in [0.3, 0.4) is 0 Å². The molecule has 0 aliphatic carbocycles. The van der Waals surface area contributed by atoms with Gasteiger partial charge in [-0.15, -0.1) is 5.10 Å². The number of nitrogens with zero attached hydrogens (tertiary/aromatic N) is 3. The molecular weight excluding hydrogens is 260 g/mol. The molecule has 7 nitrogen and oxygen atoms in total. The lowest BCUT2D eigenvalue weighted by atomic mass is 10.1. The first kappa shape index (κ1) is 13.9. The van der Waals surface area contributed by atoms with Crippen LogP contribution in [-0.4, -0.2) is 28.4 Å². The summed E-state index contributed by atoms with van der Waals surface area (Å²) in [7, 11) is 3.28. The van der Waals surface area contributed by atoms with Crippen LogP contribution in [0.1, 0.15) is 5.56 Å². The Bertz CT molecular complexity index is 592. The van der Waals surface area contributed by atoms with Gasteiger partial charge in [0.05, 0.1) is 12.0 Å². The third-order valence-electron chi connectivity index (χ3n) is 2.87. The van der Waals surface area contributed by atoms with E-state index in [1.165, 1.54) is 10.9 Å². The van der Waals surface area contributed by atoms with Gasteiger partial charge in [-0.2, -0.15) is 0 Å². The van der Waals surface area contributed by atoms with Crippen LogP contribution < -0.4 is 10.1 Å². The van der Waals surface area contributed by atoms with Gasteiger partial charge in [0, 0.05) is 13.6 Å². The Labute approximate surface area is 116 Å². The second kappa shape index (κ2) is 6.05. The van der Waals surface area contributed by atoms with Crippen LogP contribution in [0.15, 0.2) is 30.5 Å². The topological polar surface area (TPSA) is 82.2 Å². The molecule has 0 amide bonds. The Hall–Kier alpha value is -2.57. The second-order valence-electron chi connectivity index (χ2n) is 4.32. The van der Waals surface area contributed by atoms with Gasteiger partial charge in [0.2, 0.25) is 5.82 Å². The van der Waals surface area contributed by atoms with E-state index in [9.17, 15) is 10.1 Å². The number of benzene rings is 1. The van der Waals surface area contributed by atoms with E-state index in [1.54, 1.807) is 14.2 Å². The summed E-state index contributed by atoms with van der Waals surface area (Å²) in [5.74, 6) is 1.10. The summed E-state index contributed by atoms with van der Waals surface area (Å²) < 4.78 is 6.51. The van der Waals surface area contributed by atoms with E-state index < -0.39 is 4.92 Å². The van der Waals surface area contributed by atoms with Crippen LogP contribution >= 0.6 is 0 Å². The number of rotatable bonds is 6. The fourth-order valence-corrected chi connectivity index (χ4v) is 1.85. The molecule has 1 heterocycles. The molecule has 0 aliphatic heterocycles. The van der Waals surface area contributed by atoms with Gasteiger partial charge in [-0.05, 0) is 24.1 Å². The molecule has 1 aromatic carbocycles. The largest absolute Gasteiger partial charge is 0.497 e. The van der Waals surface area contributed by atoms with E-state index in [0.29, 0.717) is 12.4 Å². The predicted octanol–water partition coefficient (Wildman–Crippen LogP) is 1.99. The maximum atomic E-state index is 10.8. The van der Waals surface area contributed by atoms with Crippen LogP contribution in [0.2, 0.25) is 0 Å². The van der Waals surface area contributed by atoms with Gasteiger partial charge in [0.25, 0.3) is 0 Å². The van der Waals surface area contributed by atoms with Crippen LogP contribution in [0.5, 0.6) is 5.75 Å². The molecule has 0 aliphatic rings. The van der Waals surface area contributed by atoms with E-state index >= 15 is 0 Å². The molecule has 0 unspecified atom stereocenters. The Morgan fingerprint density at radius 2 is 2.10 bits per heavy atom. The van der Waals surface area contributed by atoms with E-state index in [-0.39, 0.29) is 5.69 Å². The number of methoxy groups -OCH3 is 1. The number of aromatic nitrogens is 2. The SMILES string of the molecule is COc1ccc(CCNc2nn(C)cc2[N+](=O)[O-])cc1. The third kappa shape index (κ3) is 3.25. The molecule has 0 radical (unpaired) electrons. The molecule has 0 bridgehead atoms. The summed E-state index contributed by atoms with van der Waals surface area (Å²) >= 11 is 0. The van der Waals surface area contributed by atoms with Crippen molar-refractivity contribution in [2.45, 2.75) is 6.42 Å². The quantitative estimate of drug-likeness (QED) is 0.644. The summed E-state index contributed by atoms with van der Waals surface area (Å²) in [6.07, 6.45) is 2.13.